The van der Waals surface area contributed by atoms with Gasteiger partial charge in [-0.05, 0) is 86.9 Å². The van der Waals surface area contributed by atoms with Crippen molar-refractivity contribution in [1.82, 2.24) is 9.80 Å². The number of piperidine rings is 1. The zero-order valence-corrected chi connectivity index (χ0v) is 21.8. The van der Waals surface area contributed by atoms with Crippen molar-refractivity contribution in [3.63, 3.8) is 0 Å². The summed E-state index contributed by atoms with van der Waals surface area (Å²) >= 11 is 0. The van der Waals surface area contributed by atoms with Crippen LogP contribution in [0.3, 0.4) is 0 Å². The van der Waals surface area contributed by atoms with Crippen LogP contribution in [0.25, 0.3) is 0 Å². The predicted octanol–water partition coefficient (Wildman–Crippen LogP) is 4.28. The van der Waals surface area contributed by atoms with E-state index in [1.165, 1.54) is 6.26 Å². The number of hydrogen-bond acceptors (Lipinski definition) is 5. The Labute approximate surface area is 211 Å². The van der Waals surface area contributed by atoms with Gasteiger partial charge in [-0.2, -0.15) is 0 Å². The van der Waals surface area contributed by atoms with Crippen molar-refractivity contribution in [2.45, 2.75) is 56.1 Å². The fourth-order valence-electron chi connectivity index (χ4n) is 6.39. The summed E-state index contributed by atoms with van der Waals surface area (Å²) in [4.78, 5) is 17.1. The largest absolute Gasteiger partial charge is 0.492 e. The lowest BCUT2D eigenvalue weighted by Gasteiger charge is -2.40. The molecular weight excluding hydrogens is 486 g/mol. The number of hydrogen-bond donors (Lipinski definition) is 0. The van der Waals surface area contributed by atoms with Crippen LogP contribution in [0.5, 0.6) is 5.75 Å². The highest BCUT2D eigenvalue weighted by atomic mass is 32.2. The van der Waals surface area contributed by atoms with Gasteiger partial charge in [-0.1, -0.05) is 18.2 Å². The average molecular weight is 521 g/mol. The van der Waals surface area contributed by atoms with Crippen molar-refractivity contribution in [2.75, 3.05) is 39.5 Å². The molecule has 0 aromatic heterocycles. The van der Waals surface area contributed by atoms with E-state index in [-0.39, 0.29) is 11.5 Å². The Kier molecular flexibility index (Phi) is 6.52. The van der Waals surface area contributed by atoms with Gasteiger partial charge in [0.2, 0.25) is 5.91 Å². The molecule has 1 aromatic rings. The Balaban J connectivity index is 1.17. The van der Waals surface area contributed by atoms with E-state index in [9.17, 15) is 22.0 Å². The summed E-state index contributed by atoms with van der Waals surface area (Å²) in [6.45, 7) is 2.57. The number of carbonyl (C=O) groups excluding carboxylic acids is 1. The molecule has 1 saturated heterocycles. The molecule has 196 valence electrons. The van der Waals surface area contributed by atoms with E-state index in [1.807, 2.05) is 24.3 Å². The Morgan fingerprint density at radius 3 is 2.28 bits per heavy atom. The van der Waals surface area contributed by atoms with E-state index in [0.29, 0.717) is 70.5 Å². The topological polar surface area (TPSA) is 66.9 Å². The first kappa shape index (κ1) is 25.4. The Morgan fingerprint density at radius 2 is 1.72 bits per heavy atom. The molecule has 1 spiro atoms. The number of allylic oxidation sites excluding steroid dienone is 3. The second kappa shape index (κ2) is 9.24. The molecule has 0 unspecified atom stereocenters. The van der Waals surface area contributed by atoms with Crippen LogP contribution in [-0.2, 0) is 19.4 Å². The van der Waals surface area contributed by atoms with E-state index in [2.05, 4.69) is 4.90 Å². The summed E-state index contributed by atoms with van der Waals surface area (Å²) in [5.41, 5.74) is 2.00. The fourth-order valence-corrected chi connectivity index (χ4v) is 7.99. The monoisotopic (exact) mass is 520 g/mol. The third kappa shape index (κ3) is 4.08. The number of carbonyl (C=O) groups is 1. The second-order valence-corrected chi connectivity index (χ2v) is 13.0. The molecule has 0 atom stereocenters. The van der Waals surface area contributed by atoms with E-state index < -0.39 is 26.4 Å². The average Bonchev–Trinajstić information content (AvgIpc) is 3.01. The van der Waals surface area contributed by atoms with Crippen LogP contribution >= 0.6 is 0 Å². The lowest BCUT2D eigenvalue weighted by Crippen LogP contribution is -2.46. The van der Waals surface area contributed by atoms with Crippen molar-refractivity contribution >= 4 is 15.7 Å². The minimum absolute atomic E-state index is 0.0357. The maximum absolute atomic E-state index is 13.4. The summed E-state index contributed by atoms with van der Waals surface area (Å²) in [5, 5.41) is 0. The minimum Gasteiger partial charge on any atom is -0.492 e. The molecule has 4 aliphatic rings. The molecule has 0 bridgehead atoms. The SMILES string of the molecule is CN1C(=O)C2(CCN(CCOc3ccc(C4(S(C)(=O)=O)CCC4)cc3)CC2)C2=C1CCC(C(F)F)=C2. The number of halogens is 2. The highest BCUT2D eigenvalue weighted by Gasteiger charge is 2.52. The molecule has 6 nitrogen and oxygen atoms in total. The third-order valence-corrected chi connectivity index (χ3v) is 10.9. The van der Waals surface area contributed by atoms with Gasteiger partial charge >= 0.3 is 0 Å². The van der Waals surface area contributed by atoms with Gasteiger partial charge in [-0.15, -0.1) is 0 Å². The number of rotatable bonds is 7. The lowest BCUT2D eigenvalue weighted by atomic mass is 9.71. The van der Waals surface area contributed by atoms with Gasteiger partial charge in [0, 0.05) is 25.5 Å². The number of ether oxygens (including phenoxy) is 1. The summed E-state index contributed by atoms with van der Waals surface area (Å²) in [7, 11) is -1.41. The molecule has 2 aliphatic heterocycles. The molecule has 2 heterocycles. The molecule has 5 rings (SSSR count). The van der Waals surface area contributed by atoms with Gasteiger partial charge in [-0.3, -0.25) is 9.69 Å². The van der Waals surface area contributed by atoms with Crippen LogP contribution < -0.4 is 4.74 Å². The summed E-state index contributed by atoms with van der Waals surface area (Å²) in [6.07, 6.45) is 4.73. The van der Waals surface area contributed by atoms with Crippen molar-refractivity contribution < 1.29 is 26.7 Å². The van der Waals surface area contributed by atoms with E-state index in [4.69, 9.17) is 4.74 Å². The highest BCUT2D eigenvalue weighted by molar-refractivity contribution is 7.91. The number of likely N-dealkylation sites (tertiary alicyclic amines) is 1. The number of nitrogens with zero attached hydrogens (tertiary/aromatic N) is 2. The van der Waals surface area contributed by atoms with Crippen LogP contribution in [0.2, 0.25) is 0 Å². The smallest absolute Gasteiger partial charge is 0.260 e. The third-order valence-electron chi connectivity index (χ3n) is 8.84. The Morgan fingerprint density at radius 1 is 1.06 bits per heavy atom. The van der Waals surface area contributed by atoms with Gasteiger partial charge < -0.3 is 9.64 Å². The summed E-state index contributed by atoms with van der Waals surface area (Å²) in [6, 6.07) is 7.39. The van der Waals surface area contributed by atoms with Crippen molar-refractivity contribution in [3.8, 4) is 5.75 Å². The van der Waals surface area contributed by atoms with Gasteiger partial charge in [0.05, 0.1) is 10.2 Å². The molecular formula is C27H34F2N2O4S. The van der Waals surface area contributed by atoms with E-state index in [1.54, 1.807) is 18.0 Å². The number of alkyl halides is 2. The number of sulfone groups is 1. The normalized spacial score (nSPS) is 23.6. The molecule has 9 heteroatoms. The zero-order valence-electron chi connectivity index (χ0n) is 20.9. The number of amides is 1. The minimum atomic E-state index is -3.18. The van der Waals surface area contributed by atoms with Crippen LogP contribution in [0.4, 0.5) is 8.78 Å². The molecule has 0 N–H and O–H groups in total. The second-order valence-electron chi connectivity index (χ2n) is 10.7. The van der Waals surface area contributed by atoms with Gasteiger partial charge in [0.25, 0.3) is 6.43 Å². The first-order valence-electron chi connectivity index (χ1n) is 12.7. The van der Waals surface area contributed by atoms with Crippen LogP contribution in [0.1, 0.15) is 50.5 Å². The first-order valence-corrected chi connectivity index (χ1v) is 14.6. The van der Waals surface area contributed by atoms with Crippen LogP contribution in [-0.4, -0.2) is 70.1 Å². The first-order chi connectivity index (χ1) is 17.1. The summed E-state index contributed by atoms with van der Waals surface area (Å²) < 4.78 is 56.6. The molecule has 1 saturated carbocycles. The maximum Gasteiger partial charge on any atom is 0.260 e. The van der Waals surface area contributed by atoms with Crippen molar-refractivity contribution in [2.24, 2.45) is 5.41 Å². The van der Waals surface area contributed by atoms with Gasteiger partial charge in [0.1, 0.15) is 12.4 Å². The quantitative estimate of drug-likeness (QED) is 0.537. The standard InChI is InChI=1S/C27H34F2N2O4S/c1-30-23-9-4-19(24(28)29)18-22(23)26(25(30)32)12-14-31(15-13-26)16-17-35-21-7-5-20(6-8-21)27(10-3-11-27)36(2,33)34/h5-8,18,24H,3-4,9-17H2,1-2H3. The summed E-state index contributed by atoms with van der Waals surface area (Å²) in [5.74, 6) is 0.734. The highest BCUT2D eigenvalue weighted by Crippen LogP contribution is 2.51. The fraction of sp³-hybridized carbons (Fsp3) is 0.593. The van der Waals surface area contributed by atoms with Gasteiger partial charge in [0.15, 0.2) is 9.84 Å². The van der Waals surface area contributed by atoms with E-state index >= 15 is 0 Å². The van der Waals surface area contributed by atoms with Crippen molar-refractivity contribution in [1.29, 1.82) is 0 Å². The Hall–Kier alpha value is -2.26. The molecule has 1 amide bonds. The lowest BCUT2D eigenvalue weighted by molar-refractivity contribution is -0.136. The van der Waals surface area contributed by atoms with Gasteiger partial charge in [-0.25, -0.2) is 17.2 Å². The number of fused-ring (bicyclic) bond motifs is 1. The number of benzene rings is 1. The maximum atomic E-state index is 13.4. The Bertz CT molecular complexity index is 1190. The molecule has 0 radical (unpaired) electrons. The molecule has 36 heavy (non-hydrogen) atoms. The van der Waals surface area contributed by atoms with E-state index in [0.717, 1.165) is 23.3 Å². The van der Waals surface area contributed by atoms with Crippen LogP contribution in [0.15, 0.2) is 47.2 Å². The van der Waals surface area contributed by atoms with Crippen LogP contribution in [0, 0.1) is 5.41 Å². The molecule has 2 aliphatic carbocycles. The zero-order chi connectivity index (χ0) is 25.7. The van der Waals surface area contributed by atoms with Crippen molar-refractivity contribution in [3.05, 3.63) is 52.7 Å². The molecule has 2 fully saturated rings. The predicted molar refractivity (Wildman–Crippen MR) is 134 cm³/mol. The molecule has 1 aromatic carbocycles.